The molecule has 0 saturated heterocycles. The molecule has 116 valence electrons. The van der Waals surface area contributed by atoms with Gasteiger partial charge in [-0.2, -0.15) is 0 Å². The lowest BCUT2D eigenvalue weighted by Gasteiger charge is -2.16. The lowest BCUT2D eigenvalue weighted by molar-refractivity contribution is -0.139. The monoisotopic (exact) mass is 315 g/mol. The molecule has 1 rings (SSSR count). The Kier molecular flexibility index (Phi) is 6.98. The summed E-state index contributed by atoms with van der Waals surface area (Å²) < 4.78 is 10.2. The third-order valence-corrected chi connectivity index (χ3v) is 2.94. The molecular weight excluding hydrogens is 298 g/mol. The summed E-state index contributed by atoms with van der Waals surface area (Å²) in [5, 5.41) is 12.0. The number of rotatable bonds is 8. The number of amides is 1. The van der Waals surface area contributed by atoms with E-state index < -0.39 is 17.9 Å². The second-order valence-corrected chi connectivity index (χ2v) is 4.66. The van der Waals surface area contributed by atoms with Crippen LogP contribution in [0.25, 0.3) is 0 Å². The standard InChI is InChI=1S/C14H18ClNO5/c1-3-21-12-8-9(15)4-5-10(12)13(17)16-11(14(18)19)6-7-20-2/h4-5,8,11H,3,6-7H2,1-2H3,(H,16,17)(H,18,19). The average molecular weight is 316 g/mol. The van der Waals surface area contributed by atoms with E-state index in [1.165, 1.54) is 19.2 Å². The summed E-state index contributed by atoms with van der Waals surface area (Å²) in [6.45, 7) is 2.38. The van der Waals surface area contributed by atoms with Gasteiger partial charge in [-0.05, 0) is 25.1 Å². The van der Waals surface area contributed by atoms with E-state index >= 15 is 0 Å². The van der Waals surface area contributed by atoms with Crippen LogP contribution in [-0.4, -0.2) is 43.3 Å². The number of carbonyl (C=O) groups excluding carboxylic acids is 1. The Hall–Kier alpha value is -1.79. The molecule has 0 spiro atoms. The lowest BCUT2D eigenvalue weighted by atomic mass is 10.1. The SMILES string of the molecule is CCOc1cc(Cl)ccc1C(=O)NC(CCOC)C(=O)O. The third kappa shape index (κ3) is 5.24. The van der Waals surface area contributed by atoms with E-state index in [-0.39, 0.29) is 18.6 Å². The van der Waals surface area contributed by atoms with Crippen molar-refractivity contribution in [3.8, 4) is 5.75 Å². The lowest BCUT2D eigenvalue weighted by Crippen LogP contribution is -2.41. The van der Waals surface area contributed by atoms with Crippen LogP contribution < -0.4 is 10.1 Å². The summed E-state index contributed by atoms with van der Waals surface area (Å²) in [6, 6.07) is 3.54. The van der Waals surface area contributed by atoms with E-state index in [4.69, 9.17) is 26.2 Å². The number of hydrogen-bond acceptors (Lipinski definition) is 4. The molecule has 6 nitrogen and oxygen atoms in total. The highest BCUT2D eigenvalue weighted by Crippen LogP contribution is 2.23. The first-order valence-corrected chi connectivity index (χ1v) is 6.82. The molecule has 1 amide bonds. The van der Waals surface area contributed by atoms with E-state index in [1.54, 1.807) is 13.0 Å². The van der Waals surface area contributed by atoms with Gasteiger partial charge in [0.25, 0.3) is 5.91 Å². The second kappa shape index (κ2) is 8.49. The molecule has 1 unspecified atom stereocenters. The Labute approximate surface area is 128 Å². The van der Waals surface area contributed by atoms with Gasteiger partial charge in [0.15, 0.2) is 0 Å². The predicted octanol–water partition coefficient (Wildman–Crippen LogP) is 1.96. The minimum absolute atomic E-state index is 0.176. The van der Waals surface area contributed by atoms with Crippen LogP contribution in [0.1, 0.15) is 23.7 Å². The Bertz CT molecular complexity index is 506. The van der Waals surface area contributed by atoms with Crippen LogP contribution in [0.4, 0.5) is 0 Å². The van der Waals surface area contributed by atoms with Gasteiger partial charge >= 0.3 is 5.97 Å². The fourth-order valence-electron chi connectivity index (χ4n) is 1.69. The summed E-state index contributed by atoms with van der Waals surface area (Å²) in [5.74, 6) is -1.33. The maximum Gasteiger partial charge on any atom is 0.326 e. The number of methoxy groups -OCH3 is 1. The molecule has 21 heavy (non-hydrogen) atoms. The summed E-state index contributed by atoms with van der Waals surface area (Å²) in [7, 11) is 1.47. The minimum Gasteiger partial charge on any atom is -0.493 e. The van der Waals surface area contributed by atoms with Gasteiger partial charge in [0.2, 0.25) is 0 Å². The quantitative estimate of drug-likeness (QED) is 0.766. The number of carboxylic acids is 1. The van der Waals surface area contributed by atoms with Crippen LogP contribution in [0.5, 0.6) is 5.75 Å². The first-order chi connectivity index (χ1) is 9.99. The van der Waals surface area contributed by atoms with Crippen molar-refractivity contribution in [2.75, 3.05) is 20.3 Å². The van der Waals surface area contributed by atoms with Crippen molar-refractivity contribution in [1.82, 2.24) is 5.32 Å². The van der Waals surface area contributed by atoms with Crippen LogP contribution in [0.2, 0.25) is 5.02 Å². The zero-order valence-corrected chi connectivity index (χ0v) is 12.6. The number of carboxylic acid groups (broad SMARTS) is 1. The van der Waals surface area contributed by atoms with Crippen molar-refractivity contribution < 1.29 is 24.2 Å². The molecule has 0 fully saturated rings. The number of nitrogens with one attached hydrogen (secondary N) is 1. The van der Waals surface area contributed by atoms with Crippen LogP contribution in [-0.2, 0) is 9.53 Å². The molecule has 2 N–H and O–H groups in total. The molecule has 0 aromatic heterocycles. The van der Waals surface area contributed by atoms with Gasteiger partial charge < -0.3 is 19.9 Å². The van der Waals surface area contributed by atoms with E-state index in [2.05, 4.69) is 5.32 Å². The molecule has 0 radical (unpaired) electrons. The minimum atomic E-state index is -1.12. The highest BCUT2D eigenvalue weighted by molar-refractivity contribution is 6.30. The fraction of sp³-hybridized carbons (Fsp3) is 0.429. The van der Waals surface area contributed by atoms with Crippen LogP contribution in [0, 0.1) is 0 Å². The Balaban J connectivity index is 2.89. The summed E-state index contributed by atoms with van der Waals surface area (Å²) >= 11 is 5.86. The van der Waals surface area contributed by atoms with Gasteiger partial charge in [-0.15, -0.1) is 0 Å². The van der Waals surface area contributed by atoms with Gasteiger partial charge in [-0.1, -0.05) is 11.6 Å². The van der Waals surface area contributed by atoms with Crippen molar-refractivity contribution in [1.29, 1.82) is 0 Å². The molecule has 0 aliphatic heterocycles. The Morgan fingerprint density at radius 1 is 1.43 bits per heavy atom. The molecule has 1 aromatic rings. The average Bonchev–Trinajstić information content (AvgIpc) is 2.43. The van der Waals surface area contributed by atoms with Crippen molar-refractivity contribution >= 4 is 23.5 Å². The molecule has 0 bridgehead atoms. The number of ether oxygens (including phenoxy) is 2. The Morgan fingerprint density at radius 3 is 2.71 bits per heavy atom. The van der Waals surface area contributed by atoms with Gasteiger partial charge in [0.1, 0.15) is 11.8 Å². The molecule has 0 aliphatic rings. The largest absolute Gasteiger partial charge is 0.493 e. The van der Waals surface area contributed by atoms with Crippen molar-refractivity contribution in [2.24, 2.45) is 0 Å². The first-order valence-electron chi connectivity index (χ1n) is 6.44. The molecule has 1 atom stereocenters. The number of aliphatic carboxylic acids is 1. The molecule has 1 aromatic carbocycles. The van der Waals surface area contributed by atoms with Crippen LogP contribution in [0.15, 0.2) is 18.2 Å². The highest BCUT2D eigenvalue weighted by atomic mass is 35.5. The molecular formula is C14H18ClNO5. The van der Waals surface area contributed by atoms with Gasteiger partial charge in [-0.25, -0.2) is 4.79 Å². The predicted molar refractivity (Wildman–Crippen MR) is 78.0 cm³/mol. The molecule has 0 heterocycles. The maximum atomic E-state index is 12.2. The topological polar surface area (TPSA) is 84.9 Å². The summed E-state index contributed by atoms with van der Waals surface area (Å²) in [6.07, 6.45) is 0.176. The normalized spacial score (nSPS) is 11.8. The third-order valence-electron chi connectivity index (χ3n) is 2.70. The zero-order chi connectivity index (χ0) is 15.8. The zero-order valence-electron chi connectivity index (χ0n) is 11.9. The van der Waals surface area contributed by atoms with Crippen molar-refractivity contribution in [3.05, 3.63) is 28.8 Å². The van der Waals surface area contributed by atoms with Gasteiger partial charge in [-0.3, -0.25) is 4.79 Å². The van der Waals surface area contributed by atoms with Crippen molar-refractivity contribution in [2.45, 2.75) is 19.4 Å². The smallest absolute Gasteiger partial charge is 0.326 e. The molecule has 7 heteroatoms. The first kappa shape index (κ1) is 17.3. The summed E-state index contributed by atoms with van der Waals surface area (Å²) in [4.78, 5) is 23.3. The van der Waals surface area contributed by atoms with Crippen LogP contribution >= 0.6 is 11.6 Å². The van der Waals surface area contributed by atoms with E-state index in [1.807, 2.05) is 0 Å². The number of hydrogen-bond donors (Lipinski definition) is 2. The van der Waals surface area contributed by atoms with E-state index in [0.717, 1.165) is 0 Å². The summed E-state index contributed by atoms with van der Waals surface area (Å²) in [5.41, 5.74) is 0.241. The Morgan fingerprint density at radius 2 is 2.14 bits per heavy atom. The van der Waals surface area contributed by atoms with E-state index in [9.17, 15) is 9.59 Å². The number of carbonyl (C=O) groups is 2. The van der Waals surface area contributed by atoms with Gasteiger partial charge in [0, 0.05) is 25.2 Å². The second-order valence-electron chi connectivity index (χ2n) is 4.22. The van der Waals surface area contributed by atoms with Crippen LogP contribution in [0.3, 0.4) is 0 Å². The van der Waals surface area contributed by atoms with Crippen molar-refractivity contribution in [3.63, 3.8) is 0 Å². The number of benzene rings is 1. The van der Waals surface area contributed by atoms with Gasteiger partial charge in [0.05, 0.1) is 12.2 Å². The fourth-order valence-corrected chi connectivity index (χ4v) is 1.85. The highest BCUT2D eigenvalue weighted by Gasteiger charge is 2.22. The van der Waals surface area contributed by atoms with E-state index in [0.29, 0.717) is 17.4 Å². The maximum absolute atomic E-state index is 12.2. The number of halogens is 1. The molecule has 0 saturated carbocycles. The molecule has 0 aliphatic carbocycles.